The summed E-state index contributed by atoms with van der Waals surface area (Å²) < 4.78 is 13.1. The van der Waals surface area contributed by atoms with E-state index in [0.29, 0.717) is 16.3 Å². The molecule has 8 heteroatoms. The van der Waals surface area contributed by atoms with E-state index in [9.17, 15) is 19.1 Å². The zero-order valence-electron chi connectivity index (χ0n) is 13.1. The van der Waals surface area contributed by atoms with Crippen molar-refractivity contribution in [1.29, 1.82) is 0 Å². The number of carboxylic acid groups (broad SMARTS) is 1. The van der Waals surface area contributed by atoms with E-state index in [2.05, 4.69) is 10.3 Å². The average molecular weight is 352 g/mol. The van der Waals surface area contributed by atoms with Gasteiger partial charge in [-0.25, -0.2) is 14.2 Å². The second-order valence-corrected chi connectivity index (χ2v) is 6.37. The lowest BCUT2D eigenvalue weighted by atomic mass is 10.1. The van der Waals surface area contributed by atoms with Gasteiger partial charge in [0.25, 0.3) is 0 Å². The van der Waals surface area contributed by atoms with Crippen LogP contribution in [0.2, 0.25) is 0 Å². The number of carboxylic acids is 1. The molecule has 1 aromatic heterocycles. The molecule has 1 heterocycles. The lowest BCUT2D eigenvalue weighted by molar-refractivity contribution is -0.123. The molecule has 2 atom stereocenters. The lowest BCUT2D eigenvalue weighted by Crippen LogP contribution is -2.28. The van der Waals surface area contributed by atoms with Gasteiger partial charge in [0.15, 0.2) is 0 Å². The number of aromatic carboxylic acids is 1. The maximum absolute atomic E-state index is 13.1. The highest BCUT2D eigenvalue weighted by molar-refractivity contribution is 7.13. The largest absolute Gasteiger partial charge is 0.477 e. The first-order valence-electron chi connectivity index (χ1n) is 7.21. The minimum absolute atomic E-state index is 0.130. The van der Waals surface area contributed by atoms with E-state index in [1.165, 1.54) is 24.3 Å². The summed E-state index contributed by atoms with van der Waals surface area (Å²) in [5.74, 6) is -1.99. The molecule has 24 heavy (non-hydrogen) atoms. The van der Waals surface area contributed by atoms with Gasteiger partial charge in [-0.2, -0.15) is 0 Å². The molecule has 0 fully saturated rings. The van der Waals surface area contributed by atoms with Gasteiger partial charge in [0.05, 0.1) is 24.3 Å². The van der Waals surface area contributed by atoms with Crippen molar-refractivity contribution in [2.75, 3.05) is 0 Å². The van der Waals surface area contributed by atoms with Crippen LogP contribution in [0.3, 0.4) is 0 Å². The number of halogens is 1. The van der Waals surface area contributed by atoms with Crippen molar-refractivity contribution in [3.8, 4) is 0 Å². The fraction of sp³-hybridized carbons (Fsp3) is 0.312. The van der Waals surface area contributed by atoms with Crippen molar-refractivity contribution in [2.24, 2.45) is 0 Å². The molecular weight excluding hydrogens is 335 g/mol. The van der Waals surface area contributed by atoms with E-state index < -0.39 is 29.8 Å². The summed E-state index contributed by atoms with van der Waals surface area (Å²) in [6, 6.07) is 4.93. The Morgan fingerprint density at radius 3 is 2.71 bits per heavy atom. The third-order valence-electron chi connectivity index (χ3n) is 3.37. The first kappa shape index (κ1) is 18.0. The number of hydrogen-bond donors (Lipinski definition) is 3. The number of benzene rings is 1. The van der Waals surface area contributed by atoms with Crippen LogP contribution in [-0.2, 0) is 4.79 Å². The third-order valence-corrected chi connectivity index (χ3v) is 4.70. The van der Waals surface area contributed by atoms with Gasteiger partial charge in [-0.05, 0) is 31.5 Å². The molecule has 2 aromatic rings. The van der Waals surface area contributed by atoms with E-state index in [-0.39, 0.29) is 11.3 Å². The van der Waals surface area contributed by atoms with Gasteiger partial charge in [-0.3, -0.25) is 4.79 Å². The number of carbonyl (C=O) groups is 2. The summed E-state index contributed by atoms with van der Waals surface area (Å²) in [6.07, 6.45) is -1.36. The quantitative estimate of drug-likeness (QED) is 0.742. The molecule has 0 saturated heterocycles. The van der Waals surface area contributed by atoms with E-state index in [1.54, 1.807) is 13.8 Å². The van der Waals surface area contributed by atoms with Crippen molar-refractivity contribution in [3.63, 3.8) is 0 Å². The summed E-state index contributed by atoms with van der Waals surface area (Å²) in [7, 11) is 0. The maximum atomic E-state index is 13.1. The van der Waals surface area contributed by atoms with E-state index in [0.717, 1.165) is 11.3 Å². The fourth-order valence-electron chi connectivity index (χ4n) is 2.17. The van der Waals surface area contributed by atoms with Crippen molar-refractivity contribution in [1.82, 2.24) is 10.3 Å². The Morgan fingerprint density at radius 2 is 2.12 bits per heavy atom. The van der Waals surface area contributed by atoms with Gasteiger partial charge >= 0.3 is 5.97 Å². The van der Waals surface area contributed by atoms with E-state index in [1.807, 2.05) is 0 Å². The number of aliphatic hydroxyl groups is 1. The minimum atomic E-state index is -1.12. The van der Waals surface area contributed by atoms with Crippen LogP contribution >= 0.6 is 11.3 Å². The zero-order valence-corrected chi connectivity index (χ0v) is 13.9. The fourth-order valence-corrected chi connectivity index (χ4v) is 3.08. The number of nitrogens with one attached hydrogen (secondary N) is 1. The molecular formula is C16H17FN2O4S. The van der Waals surface area contributed by atoms with Crippen LogP contribution in [0.25, 0.3) is 0 Å². The molecule has 0 aliphatic carbocycles. The number of nitrogens with zero attached hydrogens (tertiary/aromatic N) is 1. The van der Waals surface area contributed by atoms with Crippen molar-refractivity contribution in [2.45, 2.75) is 32.4 Å². The van der Waals surface area contributed by atoms with Gasteiger partial charge in [0, 0.05) is 0 Å². The number of thiazole rings is 1. The molecule has 0 spiro atoms. The monoisotopic (exact) mass is 352 g/mol. The van der Waals surface area contributed by atoms with Crippen LogP contribution in [0.1, 0.15) is 51.4 Å². The maximum Gasteiger partial charge on any atom is 0.347 e. The molecule has 2 rings (SSSR count). The smallest absolute Gasteiger partial charge is 0.347 e. The summed E-state index contributed by atoms with van der Waals surface area (Å²) in [4.78, 5) is 27.3. The van der Waals surface area contributed by atoms with Crippen LogP contribution in [-0.4, -0.2) is 27.1 Å². The Balaban J connectivity index is 1.99. The lowest BCUT2D eigenvalue weighted by Gasteiger charge is -2.14. The molecule has 0 aliphatic rings. The Hall–Kier alpha value is -2.32. The SMILES string of the molecule is Cc1nc(C(C)NC(=O)CC(O)c2cccc(F)c2)sc1C(=O)O. The number of aliphatic hydroxyl groups excluding tert-OH is 1. The average Bonchev–Trinajstić information content (AvgIpc) is 2.89. The number of aryl methyl sites for hydroxylation is 1. The predicted octanol–water partition coefficient (Wildman–Crippen LogP) is 2.59. The van der Waals surface area contributed by atoms with Crippen LogP contribution in [0, 0.1) is 12.7 Å². The number of rotatable bonds is 6. The number of hydrogen-bond acceptors (Lipinski definition) is 5. The first-order valence-corrected chi connectivity index (χ1v) is 8.03. The standard InChI is InChI=1S/C16H17FN2O4S/c1-8-14(16(22)23)24-15(19-8)9(2)18-13(21)7-12(20)10-4-3-5-11(17)6-10/h3-6,9,12,20H,7H2,1-2H3,(H,18,21)(H,22,23). The predicted molar refractivity (Wildman–Crippen MR) is 86.3 cm³/mol. The normalized spacial score (nSPS) is 13.3. The minimum Gasteiger partial charge on any atom is -0.477 e. The zero-order chi connectivity index (χ0) is 17.9. The van der Waals surface area contributed by atoms with Crippen LogP contribution < -0.4 is 5.32 Å². The van der Waals surface area contributed by atoms with Crippen molar-refractivity contribution < 1.29 is 24.2 Å². The molecule has 0 saturated carbocycles. The van der Waals surface area contributed by atoms with Crippen LogP contribution in [0.5, 0.6) is 0 Å². The molecule has 0 aliphatic heterocycles. The molecule has 6 nitrogen and oxygen atoms in total. The summed E-state index contributed by atoms with van der Waals surface area (Å²) in [5, 5.41) is 22.2. The van der Waals surface area contributed by atoms with Gasteiger partial charge in [0.1, 0.15) is 15.7 Å². The molecule has 0 radical (unpaired) electrons. The van der Waals surface area contributed by atoms with E-state index in [4.69, 9.17) is 5.11 Å². The highest BCUT2D eigenvalue weighted by Crippen LogP contribution is 2.24. The second-order valence-electron chi connectivity index (χ2n) is 5.34. The van der Waals surface area contributed by atoms with Gasteiger partial charge in [-0.1, -0.05) is 12.1 Å². The Bertz CT molecular complexity index is 762. The van der Waals surface area contributed by atoms with Gasteiger partial charge in [-0.15, -0.1) is 11.3 Å². The molecule has 3 N–H and O–H groups in total. The molecule has 0 bridgehead atoms. The topological polar surface area (TPSA) is 99.5 Å². The van der Waals surface area contributed by atoms with Gasteiger partial charge in [0.2, 0.25) is 5.91 Å². The number of carbonyl (C=O) groups excluding carboxylic acids is 1. The Labute approximate surface area is 142 Å². The van der Waals surface area contributed by atoms with Crippen molar-refractivity contribution in [3.05, 3.63) is 51.2 Å². The van der Waals surface area contributed by atoms with Crippen LogP contribution in [0.4, 0.5) is 4.39 Å². The summed E-state index contributed by atoms with van der Waals surface area (Å²) in [6.45, 7) is 3.27. The highest BCUT2D eigenvalue weighted by Gasteiger charge is 2.20. The second kappa shape index (κ2) is 7.50. The van der Waals surface area contributed by atoms with Crippen LogP contribution in [0.15, 0.2) is 24.3 Å². The van der Waals surface area contributed by atoms with Gasteiger partial charge < -0.3 is 15.5 Å². The summed E-state index contributed by atoms with van der Waals surface area (Å²) >= 11 is 0.997. The molecule has 1 amide bonds. The first-order chi connectivity index (χ1) is 11.3. The van der Waals surface area contributed by atoms with Crippen molar-refractivity contribution >= 4 is 23.2 Å². The third kappa shape index (κ3) is 4.36. The Morgan fingerprint density at radius 1 is 1.42 bits per heavy atom. The highest BCUT2D eigenvalue weighted by atomic mass is 32.1. The number of amides is 1. The van der Waals surface area contributed by atoms with E-state index >= 15 is 0 Å². The number of aromatic nitrogens is 1. The molecule has 1 aromatic carbocycles. The summed E-state index contributed by atoms with van der Waals surface area (Å²) in [5.41, 5.74) is 0.708. The molecule has 128 valence electrons. The Kier molecular flexibility index (Phi) is 5.63. The molecule has 2 unspecified atom stereocenters.